The number of ether oxygens (including phenoxy) is 1. The van der Waals surface area contributed by atoms with Gasteiger partial charge in [0.2, 0.25) is 0 Å². The molecular formula is C35H31Cl2F3N6O2. The van der Waals surface area contributed by atoms with Crippen molar-refractivity contribution in [3.8, 4) is 23.2 Å². The highest BCUT2D eigenvalue weighted by molar-refractivity contribution is 6.38. The monoisotopic (exact) mass is 694 g/mol. The smallest absolute Gasteiger partial charge is 0.319 e. The van der Waals surface area contributed by atoms with E-state index in [9.17, 15) is 18.8 Å². The number of hydrogen-bond acceptors (Lipinski definition) is 7. The molecule has 0 radical (unpaired) electrons. The molecule has 13 heteroatoms. The van der Waals surface area contributed by atoms with Crippen molar-refractivity contribution in [3.63, 3.8) is 0 Å². The van der Waals surface area contributed by atoms with Gasteiger partial charge in [0.05, 0.1) is 34.1 Å². The van der Waals surface area contributed by atoms with E-state index in [1.807, 2.05) is 0 Å². The Labute approximate surface area is 285 Å². The van der Waals surface area contributed by atoms with Crippen molar-refractivity contribution in [1.29, 1.82) is 5.26 Å². The van der Waals surface area contributed by atoms with E-state index in [0.29, 0.717) is 28.8 Å². The summed E-state index contributed by atoms with van der Waals surface area (Å²) < 4.78 is 51.8. The average Bonchev–Trinajstić information content (AvgIpc) is 3.66. The Morgan fingerprint density at radius 3 is 2.60 bits per heavy atom. The van der Waals surface area contributed by atoms with Crippen LogP contribution in [0.25, 0.3) is 32.8 Å². The van der Waals surface area contributed by atoms with Gasteiger partial charge in [0.1, 0.15) is 23.8 Å². The molecule has 7 rings (SSSR count). The Kier molecular flexibility index (Phi) is 8.60. The first-order chi connectivity index (χ1) is 23.1. The average molecular weight is 696 g/mol. The number of anilines is 1. The van der Waals surface area contributed by atoms with Crippen molar-refractivity contribution >= 4 is 56.6 Å². The number of nitrogens with zero attached hydrogens (tertiary/aromatic N) is 6. The van der Waals surface area contributed by atoms with Crippen LogP contribution >= 0.6 is 23.2 Å². The summed E-state index contributed by atoms with van der Waals surface area (Å²) in [5.74, 6) is -3.12. The standard InChI is InChI=1S/C35H31Cl2F3N6O2/c1-20(38)33(47)46-16-15-44(18-22(46)9-12-41)32-24-17-25(36)28(23-6-2-5-21-7-8-26(39)29(37)27(21)23)30(40)31(24)42-34(43-32)48-19-35-10-3-13-45(35)14-4-11-35/h2,5-8,17,22H,1,3-4,9-11,13-16,18-19H2/t22-/m0/s1. The van der Waals surface area contributed by atoms with Crippen LogP contribution in [0, 0.1) is 23.0 Å². The zero-order chi connectivity index (χ0) is 33.7. The Hall–Kier alpha value is -4.11. The molecule has 1 aromatic heterocycles. The number of fused-ring (bicyclic) bond motifs is 3. The number of halogens is 5. The molecule has 3 saturated heterocycles. The Balaban J connectivity index is 1.37. The van der Waals surface area contributed by atoms with Gasteiger partial charge in [0.15, 0.2) is 11.6 Å². The summed E-state index contributed by atoms with van der Waals surface area (Å²) in [6, 6.07) is 10.8. The van der Waals surface area contributed by atoms with Crippen molar-refractivity contribution in [2.45, 2.75) is 43.7 Å². The minimum absolute atomic E-state index is 0.00606. The van der Waals surface area contributed by atoms with Gasteiger partial charge in [-0.2, -0.15) is 15.2 Å². The molecule has 248 valence electrons. The maximum Gasteiger partial charge on any atom is 0.319 e. The number of rotatable bonds is 7. The van der Waals surface area contributed by atoms with Crippen molar-refractivity contribution < 1.29 is 22.7 Å². The minimum atomic E-state index is -1.11. The number of carbonyl (C=O) groups excluding carboxylic acids is 1. The van der Waals surface area contributed by atoms with Gasteiger partial charge >= 0.3 is 6.01 Å². The van der Waals surface area contributed by atoms with E-state index < -0.39 is 29.4 Å². The number of hydrogen-bond donors (Lipinski definition) is 0. The molecular weight excluding hydrogens is 664 g/mol. The molecule has 4 heterocycles. The lowest BCUT2D eigenvalue weighted by Crippen LogP contribution is -2.55. The topological polar surface area (TPSA) is 85.6 Å². The van der Waals surface area contributed by atoms with Gasteiger partial charge in [-0.15, -0.1) is 0 Å². The molecule has 0 saturated carbocycles. The molecule has 8 nitrogen and oxygen atoms in total. The number of amides is 1. The summed E-state index contributed by atoms with van der Waals surface area (Å²) in [6.07, 6.45) is 4.01. The van der Waals surface area contributed by atoms with Crippen LogP contribution < -0.4 is 9.64 Å². The molecule has 0 spiro atoms. The summed E-state index contributed by atoms with van der Waals surface area (Å²) in [6.45, 7) is 5.82. The highest BCUT2D eigenvalue weighted by Gasteiger charge is 2.45. The van der Waals surface area contributed by atoms with Crippen molar-refractivity contribution in [3.05, 3.63) is 70.5 Å². The Morgan fingerprint density at radius 1 is 1.10 bits per heavy atom. The third kappa shape index (κ3) is 5.50. The van der Waals surface area contributed by atoms with Crippen LogP contribution in [0.4, 0.5) is 19.0 Å². The SMILES string of the molecule is C=C(F)C(=O)N1CCN(c2nc(OCC34CCCN3CCC4)nc3c(F)c(-c4cccc5ccc(F)c(Cl)c45)c(Cl)cc23)C[C@@H]1CC#N. The van der Waals surface area contributed by atoms with Gasteiger partial charge in [0.25, 0.3) is 5.91 Å². The van der Waals surface area contributed by atoms with Crippen LogP contribution in [0.15, 0.2) is 48.8 Å². The highest BCUT2D eigenvalue weighted by atomic mass is 35.5. The third-order valence-corrected chi connectivity index (χ3v) is 10.6. The van der Waals surface area contributed by atoms with Gasteiger partial charge in [0, 0.05) is 36.0 Å². The first-order valence-electron chi connectivity index (χ1n) is 15.8. The highest BCUT2D eigenvalue weighted by Crippen LogP contribution is 2.44. The van der Waals surface area contributed by atoms with Crippen molar-refractivity contribution in [2.75, 3.05) is 44.2 Å². The molecule has 0 unspecified atom stereocenters. The van der Waals surface area contributed by atoms with E-state index in [4.69, 9.17) is 32.9 Å². The quantitative estimate of drug-likeness (QED) is 0.186. The van der Waals surface area contributed by atoms with Crippen LogP contribution in [-0.2, 0) is 4.79 Å². The summed E-state index contributed by atoms with van der Waals surface area (Å²) in [7, 11) is 0. The molecule has 3 aliphatic heterocycles. The summed E-state index contributed by atoms with van der Waals surface area (Å²) in [5, 5.41) is 10.6. The molecule has 0 aliphatic carbocycles. The van der Waals surface area contributed by atoms with E-state index in [2.05, 4.69) is 22.5 Å². The molecule has 3 fully saturated rings. The van der Waals surface area contributed by atoms with Crippen LogP contribution in [0.3, 0.4) is 0 Å². The second kappa shape index (κ2) is 12.7. The van der Waals surface area contributed by atoms with E-state index in [1.165, 1.54) is 11.0 Å². The summed E-state index contributed by atoms with van der Waals surface area (Å²) in [5.41, 5.74) is 0.0834. The van der Waals surface area contributed by atoms with Crippen LogP contribution in [0.2, 0.25) is 10.0 Å². The number of piperazine rings is 1. The maximum atomic E-state index is 17.0. The van der Waals surface area contributed by atoms with Crippen molar-refractivity contribution in [2.24, 2.45) is 0 Å². The molecule has 1 atom stereocenters. The molecule has 1 amide bonds. The Morgan fingerprint density at radius 2 is 1.88 bits per heavy atom. The molecule has 4 aromatic rings. The lowest BCUT2D eigenvalue weighted by atomic mass is 9.95. The number of carbonyl (C=O) groups is 1. The zero-order valence-corrected chi connectivity index (χ0v) is 27.4. The fourth-order valence-corrected chi connectivity index (χ4v) is 8.21. The van der Waals surface area contributed by atoms with E-state index >= 15 is 4.39 Å². The van der Waals surface area contributed by atoms with Gasteiger partial charge in [-0.1, -0.05) is 54.0 Å². The zero-order valence-electron chi connectivity index (χ0n) is 25.9. The van der Waals surface area contributed by atoms with Gasteiger partial charge < -0.3 is 14.5 Å². The van der Waals surface area contributed by atoms with Crippen LogP contribution in [0.1, 0.15) is 32.1 Å². The van der Waals surface area contributed by atoms with Gasteiger partial charge in [-0.25, -0.2) is 13.2 Å². The second-order valence-corrected chi connectivity index (χ2v) is 13.4. The predicted octanol–water partition coefficient (Wildman–Crippen LogP) is 7.46. The molecule has 48 heavy (non-hydrogen) atoms. The van der Waals surface area contributed by atoms with Gasteiger partial charge in [-0.05, 0) is 61.9 Å². The first-order valence-corrected chi connectivity index (χ1v) is 16.6. The molecule has 0 bridgehead atoms. The van der Waals surface area contributed by atoms with E-state index in [0.717, 1.165) is 38.8 Å². The predicted molar refractivity (Wildman–Crippen MR) is 179 cm³/mol. The molecule has 0 N–H and O–H groups in total. The largest absolute Gasteiger partial charge is 0.461 e. The van der Waals surface area contributed by atoms with Crippen LogP contribution in [-0.4, -0.2) is 76.6 Å². The summed E-state index contributed by atoms with van der Waals surface area (Å²) >= 11 is 13.3. The first kappa shape index (κ1) is 32.4. The molecule has 3 aliphatic rings. The lowest BCUT2D eigenvalue weighted by Gasteiger charge is -2.41. The van der Waals surface area contributed by atoms with Crippen molar-refractivity contribution in [1.82, 2.24) is 19.8 Å². The number of nitriles is 1. The maximum absolute atomic E-state index is 17.0. The number of aromatic nitrogens is 2. The van der Waals surface area contributed by atoms with Crippen LogP contribution in [0.5, 0.6) is 6.01 Å². The third-order valence-electron chi connectivity index (χ3n) is 9.93. The fourth-order valence-electron chi connectivity index (χ4n) is 7.64. The summed E-state index contributed by atoms with van der Waals surface area (Å²) in [4.78, 5) is 27.4. The number of benzene rings is 3. The lowest BCUT2D eigenvalue weighted by molar-refractivity contribution is -0.131. The van der Waals surface area contributed by atoms with Gasteiger partial charge in [-0.3, -0.25) is 9.69 Å². The minimum Gasteiger partial charge on any atom is -0.461 e. The normalized spacial score (nSPS) is 19.1. The second-order valence-electron chi connectivity index (χ2n) is 12.6. The van der Waals surface area contributed by atoms with E-state index in [1.54, 1.807) is 35.2 Å². The molecule has 3 aromatic carbocycles. The fraction of sp³-hybridized carbons (Fsp3) is 0.371. The Bertz CT molecular complexity index is 2010. The van der Waals surface area contributed by atoms with E-state index in [-0.39, 0.29) is 64.1 Å².